The third-order valence-electron chi connectivity index (χ3n) is 1.50. The summed E-state index contributed by atoms with van der Waals surface area (Å²) in [4.78, 5) is 3.63. The summed E-state index contributed by atoms with van der Waals surface area (Å²) in [5.41, 5.74) is -0.557. The van der Waals surface area contributed by atoms with E-state index >= 15 is 0 Å². The predicted octanol–water partition coefficient (Wildman–Crippen LogP) is 3.13. The fourth-order valence-electron chi connectivity index (χ4n) is 0.977. The summed E-state index contributed by atoms with van der Waals surface area (Å²) >= 11 is 0. The molecule has 1 heterocycles. The van der Waals surface area contributed by atoms with Crippen molar-refractivity contribution in [2.75, 3.05) is 0 Å². The summed E-state index contributed by atoms with van der Waals surface area (Å²) in [6.45, 7) is 1.66. The van der Waals surface area contributed by atoms with Gasteiger partial charge in [0.05, 0.1) is 5.56 Å². The van der Waals surface area contributed by atoms with Gasteiger partial charge in [-0.25, -0.2) is 0 Å². The van der Waals surface area contributed by atoms with E-state index in [4.69, 9.17) is 0 Å². The molecule has 70 valence electrons. The lowest BCUT2D eigenvalue weighted by Gasteiger charge is -2.08. The third kappa shape index (κ3) is 2.31. The topological polar surface area (TPSA) is 12.9 Å². The van der Waals surface area contributed by atoms with E-state index in [9.17, 15) is 13.2 Å². The highest BCUT2D eigenvalue weighted by molar-refractivity contribution is 5.52. The molecule has 1 aromatic heterocycles. The van der Waals surface area contributed by atoms with E-state index < -0.39 is 11.7 Å². The first-order chi connectivity index (χ1) is 6.05. The van der Waals surface area contributed by atoms with E-state index in [-0.39, 0.29) is 5.56 Å². The van der Waals surface area contributed by atoms with Gasteiger partial charge in [0, 0.05) is 18.0 Å². The van der Waals surface area contributed by atoms with E-state index in [0.717, 1.165) is 12.3 Å². The Morgan fingerprint density at radius 1 is 1.38 bits per heavy atom. The van der Waals surface area contributed by atoms with Gasteiger partial charge in [-0.2, -0.15) is 13.2 Å². The lowest BCUT2D eigenvalue weighted by Crippen LogP contribution is -2.07. The Morgan fingerprint density at radius 2 is 2.08 bits per heavy atom. The van der Waals surface area contributed by atoms with Gasteiger partial charge in [-0.05, 0) is 13.0 Å². The highest BCUT2D eigenvalue weighted by Gasteiger charge is 2.32. The molecule has 1 rings (SSSR count). The number of aromatic nitrogens is 1. The second-order valence-electron chi connectivity index (χ2n) is 2.46. The van der Waals surface area contributed by atoms with E-state index in [0.29, 0.717) is 0 Å². The van der Waals surface area contributed by atoms with Gasteiger partial charge in [-0.15, -0.1) is 0 Å². The van der Waals surface area contributed by atoms with Crippen molar-refractivity contribution >= 4 is 6.08 Å². The zero-order valence-corrected chi connectivity index (χ0v) is 6.97. The van der Waals surface area contributed by atoms with Crippen molar-refractivity contribution in [2.24, 2.45) is 0 Å². The standard InChI is InChI=1S/C9H8F3N/c1-2-3-7-6-13-5-4-8(7)9(10,11)12/h2-6H,1H3. The fourth-order valence-corrected chi connectivity index (χ4v) is 0.977. The highest BCUT2D eigenvalue weighted by atomic mass is 19.4. The van der Waals surface area contributed by atoms with Gasteiger partial charge in [-0.3, -0.25) is 4.98 Å². The minimum atomic E-state index is -4.31. The van der Waals surface area contributed by atoms with Gasteiger partial charge in [-0.1, -0.05) is 12.2 Å². The van der Waals surface area contributed by atoms with Crippen LogP contribution in [0.15, 0.2) is 24.5 Å². The Balaban J connectivity index is 3.20. The fraction of sp³-hybridized carbons (Fsp3) is 0.222. The van der Waals surface area contributed by atoms with Crippen LogP contribution in [-0.2, 0) is 6.18 Å². The number of alkyl halides is 3. The zero-order valence-electron chi connectivity index (χ0n) is 6.97. The number of hydrogen-bond acceptors (Lipinski definition) is 1. The van der Waals surface area contributed by atoms with E-state index in [1.54, 1.807) is 13.0 Å². The van der Waals surface area contributed by atoms with Crippen LogP contribution in [0.25, 0.3) is 6.08 Å². The minimum absolute atomic E-state index is 0.0949. The van der Waals surface area contributed by atoms with E-state index in [1.165, 1.54) is 12.3 Å². The average molecular weight is 187 g/mol. The summed E-state index contributed by atoms with van der Waals surface area (Å²) < 4.78 is 36.9. The lowest BCUT2D eigenvalue weighted by atomic mass is 10.1. The monoisotopic (exact) mass is 187 g/mol. The molecular formula is C9H8F3N. The number of pyridine rings is 1. The Bertz CT molecular complexity index is 315. The van der Waals surface area contributed by atoms with Crippen molar-refractivity contribution in [3.63, 3.8) is 0 Å². The first-order valence-corrected chi connectivity index (χ1v) is 3.69. The SMILES string of the molecule is CC=Cc1cnccc1C(F)(F)F. The molecule has 0 N–H and O–H groups in total. The normalized spacial score (nSPS) is 12.3. The van der Waals surface area contributed by atoms with E-state index in [2.05, 4.69) is 4.98 Å². The molecule has 13 heavy (non-hydrogen) atoms. The molecule has 0 aromatic carbocycles. The first kappa shape index (κ1) is 9.77. The predicted molar refractivity (Wildman–Crippen MR) is 43.9 cm³/mol. The molecule has 1 nitrogen and oxygen atoms in total. The second-order valence-corrected chi connectivity index (χ2v) is 2.46. The summed E-state index contributed by atoms with van der Waals surface area (Å²) in [6, 6.07) is 0.968. The number of nitrogens with zero attached hydrogens (tertiary/aromatic N) is 1. The number of halogens is 3. The van der Waals surface area contributed by atoms with Crippen molar-refractivity contribution in [2.45, 2.75) is 13.1 Å². The maximum Gasteiger partial charge on any atom is 0.417 e. The van der Waals surface area contributed by atoms with Crippen LogP contribution in [0.1, 0.15) is 18.1 Å². The smallest absolute Gasteiger partial charge is 0.264 e. The van der Waals surface area contributed by atoms with E-state index in [1.807, 2.05) is 0 Å². The molecule has 0 fully saturated rings. The summed E-state index contributed by atoms with van der Waals surface area (Å²) in [6.07, 6.45) is 0.957. The van der Waals surface area contributed by atoms with Gasteiger partial charge in [0.2, 0.25) is 0 Å². The molecule has 0 saturated carbocycles. The molecule has 0 spiro atoms. The second kappa shape index (κ2) is 3.60. The molecule has 0 unspecified atom stereocenters. The van der Waals surface area contributed by atoms with Crippen molar-refractivity contribution in [3.8, 4) is 0 Å². The Labute approximate surface area is 73.9 Å². The lowest BCUT2D eigenvalue weighted by molar-refractivity contribution is -0.137. The average Bonchev–Trinajstić information content (AvgIpc) is 2.04. The van der Waals surface area contributed by atoms with Gasteiger partial charge in [0.25, 0.3) is 0 Å². The number of allylic oxidation sites excluding steroid dienone is 1. The Kier molecular flexibility index (Phi) is 2.70. The molecule has 0 radical (unpaired) electrons. The molecule has 0 atom stereocenters. The van der Waals surface area contributed by atoms with Crippen LogP contribution in [-0.4, -0.2) is 4.98 Å². The van der Waals surface area contributed by atoms with Crippen LogP contribution in [0.5, 0.6) is 0 Å². The van der Waals surface area contributed by atoms with Crippen LogP contribution in [0.3, 0.4) is 0 Å². The van der Waals surface area contributed by atoms with Crippen molar-refractivity contribution in [1.82, 2.24) is 4.98 Å². The summed E-state index contributed by atoms with van der Waals surface area (Å²) in [5.74, 6) is 0. The maximum atomic E-state index is 12.3. The van der Waals surface area contributed by atoms with Crippen LogP contribution in [0.2, 0.25) is 0 Å². The minimum Gasteiger partial charge on any atom is -0.264 e. The van der Waals surface area contributed by atoms with Gasteiger partial charge >= 0.3 is 6.18 Å². The first-order valence-electron chi connectivity index (χ1n) is 3.69. The molecule has 0 aliphatic heterocycles. The van der Waals surface area contributed by atoms with Crippen LogP contribution in [0.4, 0.5) is 13.2 Å². The van der Waals surface area contributed by atoms with Crippen LogP contribution >= 0.6 is 0 Å². The summed E-state index contributed by atoms with van der Waals surface area (Å²) in [5, 5.41) is 0. The zero-order chi connectivity index (χ0) is 9.90. The number of hydrogen-bond donors (Lipinski definition) is 0. The molecule has 4 heteroatoms. The Hall–Kier alpha value is -1.32. The largest absolute Gasteiger partial charge is 0.417 e. The molecule has 0 bridgehead atoms. The van der Waals surface area contributed by atoms with Crippen molar-refractivity contribution in [3.05, 3.63) is 35.7 Å². The summed E-state index contributed by atoms with van der Waals surface area (Å²) in [7, 11) is 0. The molecular weight excluding hydrogens is 179 g/mol. The van der Waals surface area contributed by atoms with Gasteiger partial charge < -0.3 is 0 Å². The molecule has 1 aromatic rings. The Morgan fingerprint density at radius 3 is 2.62 bits per heavy atom. The van der Waals surface area contributed by atoms with Crippen LogP contribution in [0, 0.1) is 0 Å². The highest BCUT2D eigenvalue weighted by Crippen LogP contribution is 2.31. The van der Waals surface area contributed by atoms with Gasteiger partial charge in [0.15, 0.2) is 0 Å². The number of rotatable bonds is 1. The molecule has 0 amide bonds. The third-order valence-corrected chi connectivity index (χ3v) is 1.50. The molecule has 0 saturated heterocycles. The maximum absolute atomic E-state index is 12.3. The van der Waals surface area contributed by atoms with Crippen molar-refractivity contribution < 1.29 is 13.2 Å². The molecule has 0 aliphatic rings. The van der Waals surface area contributed by atoms with Crippen molar-refractivity contribution in [1.29, 1.82) is 0 Å². The quantitative estimate of drug-likeness (QED) is 0.658. The van der Waals surface area contributed by atoms with Crippen LogP contribution < -0.4 is 0 Å². The molecule has 0 aliphatic carbocycles. The van der Waals surface area contributed by atoms with Gasteiger partial charge in [0.1, 0.15) is 0 Å².